The van der Waals surface area contributed by atoms with E-state index in [0.717, 1.165) is 57.3 Å². The number of amides is 1. The van der Waals surface area contributed by atoms with Gasteiger partial charge in [0.2, 0.25) is 0 Å². The highest BCUT2D eigenvalue weighted by Gasteiger charge is 2.41. The van der Waals surface area contributed by atoms with Crippen LogP contribution in [0.1, 0.15) is 65.6 Å². The van der Waals surface area contributed by atoms with E-state index in [1.807, 2.05) is 0 Å². The molecule has 1 aliphatic carbocycles. The van der Waals surface area contributed by atoms with Gasteiger partial charge < -0.3 is 10.2 Å². The Morgan fingerprint density at radius 3 is 2.08 bits per heavy atom. The number of carbonyl (C=O) groups is 2. The van der Waals surface area contributed by atoms with E-state index in [1.54, 1.807) is 0 Å². The van der Waals surface area contributed by atoms with Crippen molar-refractivity contribution in [3.8, 4) is 0 Å². The first-order chi connectivity index (χ1) is 19.2. The Kier molecular flexibility index (Phi) is 8.40. The summed E-state index contributed by atoms with van der Waals surface area (Å²) in [6, 6.07) is 26.3. The fraction of sp³-hybridized carbons (Fsp3) is 0.394. The summed E-state index contributed by atoms with van der Waals surface area (Å²) in [5.74, 6) is -0.536. The third-order valence-electron chi connectivity index (χ3n) is 8.71. The maximum Gasteiger partial charge on any atom is 0.416 e. The molecule has 1 amide bonds. The number of alkyl halides is 3. The molecular formula is C33H35F3N2O2. The molecule has 1 heterocycles. The highest BCUT2D eigenvalue weighted by Crippen LogP contribution is 2.46. The predicted octanol–water partition coefficient (Wildman–Crippen LogP) is 6.65. The molecule has 2 aliphatic rings. The molecule has 3 aromatic rings. The number of halogens is 3. The smallest absolute Gasteiger partial charge is 0.345 e. The van der Waals surface area contributed by atoms with E-state index in [2.05, 4.69) is 70.9 Å². The third kappa shape index (κ3) is 6.30. The standard InChI is InChI=1S/C33H35F3N2O2/c34-33(35,36)28-13-7-8-25(21-28)31(40)37-22-30(39)20-24-16-19-38(23-24)29-14-17-32(18-15-29,26-9-3-1-4-10-26)27-11-5-2-6-12-27/h1-13,21,24,29H,14-20,22-23H2,(H,37,40). The number of benzene rings is 3. The van der Waals surface area contributed by atoms with Gasteiger partial charge >= 0.3 is 6.18 Å². The number of nitrogens with zero attached hydrogens (tertiary/aromatic N) is 1. The summed E-state index contributed by atoms with van der Waals surface area (Å²) in [5, 5.41) is 2.50. The molecule has 2 fully saturated rings. The fourth-order valence-electron chi connectivity index (χ4n) is 6.59. The summed E-state index contributed by atoms with van der Waals surface area (Å²) in [4.78, 5) is 27.5. The zero-order chi connectivity index (χ0) is 28.2. The summed E-state index contributed by atoms with van der Waals surface area (Å²) >= 11 is 0. The van der Waals surface area contributed by atoms with E-state index in [1.165, 1.54) is 23.3 Å². The largest absolute Gasteiger partial charge is 0.416 e. The van der Waals surface area contributed by atoms with E-state index in [-0.39, 0.29) is 29.2 Å². The highest BCUT2D eigenvalue weighted by molar-refractivity contribution is 5.96. The Bertz CT molecular complexity index is 1260. The van der Waals surface area contributed by atoms with E-state index in [9.17, 15) is 22.8 Å². The van der Waals surface area contributed by atoms with Gasteiger partial charge in [-0.2, -0.15) is 13.2 Å². The lowest BCUT2D eigenvalue weighted by Gasteiger charge is -2.44. The molecular weight excluding hydrogens is 513 g/mol. The van der Waals surface area contributed by atoms with Crippen molar-refractivity contribution in [1.82, 2.24) is 10.2 Å². The van der Waals surface area contributed by atoms with Gasteiger partial charge in [0.25, 0.3) is 5.91 Å². The molecule has 0 spiro atoms. The number of carbonyl (C=O) groups excluding carboxylic acids is 2. The van der Waals surface area contributed by atoms with Crippen molar-refractivity contribution in [1.29, 1.82) is 0 Å². The summed E-state index contributed by atoms with van der Waals surface area (Å²) in [6.07, 6.45) is 1.12. The maximum atomic E-state index is 12.9. The van der Waals surface area contributed by atoms with Crippen LogP contribution in [0.15, 0.2) is 84.9 Å². The zero-order valence-electron chi connectivity index (χ0n) is 22.5. The Hall–Kier alpha value is -3.45. The first-order valence-electron chi connectivity index (χ1n) is 14.1. The second kappa shape index (κ2) is 12.0. The Morgan fingerprint density at radius 1 is 0.850 bits per heavy atom. The monoisotopic (exact) mass is 548 g/mol. The lowest BCUT2D eigenvalue weighted by molar-refractivity contribution is -0.137. The summed E-state index contributed by atoms with van der Waals surface area (Å²) in [6.45, 7) is 1.65. The van der Waals surface area contributed by atoms with Crippen LogP contribution in [-0.4, -0.2) is 42.3 Å². The minimum atomic E-state index is -4.52. The first kappa shape index (κ1) is 28.1. The van der Waals surface area contributed by atoms with Crippen molar-refractivity contribution in [2.45, 2.75) is 56.2 Å². The number of ketones is 1. The number of nitrogens with one attached hydrogen (secondary N) is 1. The molecule has 0 aromatic heterocycles. The van der Waals surface area contributed by atoms with Crippen molar-refractivity contribution in [3.05, 3.63) is 107 Å². The Morgan fingerprint density at radius 2 is 1.48 bits per heavy atom. The molecule has 1 saturated heterocycles. The van der Waals surface area contributed by atoms with E-state index in [4.69, 9.17) is 0 Å². The topological polar surface area (TPSA) is 49.4 Å². The van der Waals surface area contributed by atoms with Gasteiger partial charge in [0.15, 0.2) is 5.78 Å². The van der Waals surface area contributed by atoms with Gasteiger partial charge in [-0.3, -0.25) is 9.59 Å². The van der Waals surface area contributed by atoms with Gasteiger partial charge in [-0.1, -0.05) is 66.7 Å². The van der Waals surface area contributed by atoms with Crippen LogP contribution in [0.5, 0.6) is 0 Å². The van der Waals surface area contributed by atoms with Gasteiger partial charge in [0, 0.05) is 30.0 Å². The normalized spacial score (nSPS) is 19.8. The van der Waals surface area contributed by atoms with Gasteiger partial charge in [-0.25, -0.2) is 0 Å². The summed E-state index contributed by atoms with van der Waals surface area (Å²) < 4.78 is 38.8. The molecule has 1 unspecified atom stereocenters. The van der Waals surface area contributed by atoms with Crippen molar-refractivity contribution < 1.29 is 22.8 Å². The fourth-order valence-corrected chi connectivity index (χ4v) is 6.59. The van der Waals surface area contributed by atoms with Gasteiger partial charge in [0.1, 0.15) is 0 Å². The lowest BCUT2D eigenvalue weighted by atomic mass is 9.64. The van der Waals surface area contributed by atoms with Crippen LogP contribution in [0.25, 0.3) is 0 Å². The van der Waals surface area contributed by atoms with E-state index < -0.39 is 17.6 Å². The molecule has 1 N–H and O–H groups in total. The van der Waals surface area contributed by atoms with Crippen LogP contribution in [0.2, 0.25) is 0 Å². The summed E-state index contributed by atoms with van der Waals surface area (Å²) in [5.41, 5.74) is 1.78. The quantitative estimate of drug-likeness (QED) is 0.343. The number of rotatable bonds is 8. The van der Waals surface area contributed by atoms with Crippen molar-refractivity contribution in [2.75, 3.05) is 19.6 Å². The van der Waals surface area contributed by atoms with Gasteiger partial charge in [-0.15, -0.1) is 0 Å². The average molecular weight is 549 g/mol. The van der Waals surface area contributed by atoms with Crippen LogP contribution >= 0.6 is 0 Å². The van der Waals surface area contributed by atoms with Crippen LogP contribution in [-0.2, 0) is 16.4 Å². The lowest BCUT2D eigenvalue weighted by Crippen LogP contribution is -2.42. The second-order valence-corrected chi connectivity index (χ2v) is 11.2. The molecule has 210 valence electrons. The molecule has 0 radical (unpaired) electrons. The van der Waals surface area contributed by atoms with Gasteiger partial charge in [-0.05, 0) is 73.9 Å². The van der Waals surface area contributed by atoms with Crippen molar-refractivity contribution in [3.63, 3.8) is 0 Å². The van der Waals surface area contributed by atoms with E-state index in [0.29, 0.717) is 12.5 Å². The molecule has 0 bridgehead atoms. The molecule has 7 heteroatoms. The predicted molar refractivity (Wildman–Crippen MR) is 149 cm³/mol. The first-order valence-corrected chi connectivity index (χ1v) is 14.1. The maximum absolute atomic E-state index is 12.9. The number of Topliss-reactive ketones (excluding diaryl/α,β-unsaturated/α-hetero) is 1. The van der Waals surface area contributed by atoms with Crippen molar-refractivity contribution in [2.24, 2.45) is 5.92 Å². The minimum Gasteiger partial charge on any atom is -0.345 e. The van der Waals surface area contributed by atoms with Crippen LogP contribution < -0.4 is 5.32 Å². The van der Waals surface area contributed by atoms with Gasteiger partial charge in [0.05, 0.1) is 12.1 Å². The second-order valence-electron chi connectivity index (χ2n) is 11.2. The Balaban J connectivity index is 1.12. The molecule has 4 nitrogen and oxygen atoms in total. The molecule has 5 rings (SSSR count). The highest BCUT2D eigenvalue weighted by atomic mass is 19.4. The van der Waals surface area contributed by atoms with E-state index >= 15 is 0 Å². The number of likely N-dealkylation sites (tertiary alicyclic amines) is 1. The SMILES string of the molecule is O=C(CNC(=O)c1cccc(C(F)(F)F)c1)CC1CCN(C2CCC(c3ccccc3)(c3ccccc3)CC2)C1. The molecule has 40 heavy (non-hydrogen) atoms. The van der Waals surface area contributed by atoms with Crippen LogP contribution in [0.4, 0.5) is 13.2 Å². The Labute approximate surface area is 233 Å². The molecule has 1 atom stereocenters. The average Bonchev–Trinajstić information content (AvgIpc) is 3.45. The minimum absolute atomic E-state index is 0.0198. The van der Waals surface area contributed by atoms with Crippen LogP contribution in [0.3, 0.4) is 0 Å². The summed E-state index contributed by atoms with van der Waals surface area (Å²) in [7, 11) is 0. The molecule has 1 aliphatic heterocycles. The zero-order valence-corrected chi connectivity index (χ0v) is 22.5. The number of hydrogen-bond donors (Lipinski definition) is 1. The van der Waals surface area contributed by atoms with Crippen LogP contribution in [0, 0.1) is 5.92 Å². The number of hydrogen-bond acceptors (Lipinski definition) is 3. The van der Waals surface area contributed by atoms with Crippen molar-refractivity contribution >= 4 is 11.7 Å². The molecule has 1 saturated carbocycles. The molecule has 3 aromatic carbocycles. The third-order valence-corrected chi connectivity index (χ3v) is 8.71.